The van der Waals surface area contributed by atoms with Crippen molar-refractivity contribution >= 4 is 11.6 Å². The zero-order valence-electron chi connectivity index (χ0n) is 12.4. The highest BCUT2D eigenvalue weighted by Crippen LogP contribution is 2.36. The standard InChI is InChI=1S/C15H23ClN2O2/c1-10(2)20-15-11(6-12(16)7-14(15)19-3)8-18-5-4-13(17)9-18/h6-7,10,13H,4-5,8-9,17H2,1-3H3/t13-/m1/s1. The van der Waals surface area contributed by atoms with Crippen LogP contribution in [-0.4, -0.2) is 37.2 Å². The van der Waals surface area contributed by atoms with E-state index in [1.807, 2.05) is 19.9 Å². The molecule has 4 nitrogen and oxygen atoms in total. The average Bonchev–Trinajstić information content (AvgIpc) is 2.77. The topological polar surface area (TPSA) is 47.7 Å². The summed E-state index contributed by atoms with van der Waals surface area (Å²) in [6.45, 7) is 6.72. The summed E-state index contributed by atoms with van der Waals surface area (Å²) in [5.41, 5.74) is 7.01. The maximum Gasteiger partial charge on any atom is 0.166 e. The molecule has 2 N–H and O–H groups in total. The molecule has 1 aliphatic heterocycles. The van der Waals surface area contributed by atoms with Gasteiger partial charge >= 0.3 is 0 Å². The third-order valence-corrected chi connectivity index (χ3v) is 3.59. The minimum atomic E-state index is 0.0876. The van der Waals surface area contributed by atoms with Crippen molar-refractivity contribution in [2.75, 3.05) is 20.2 Å². The highest BCUT2D eigenvalue weighted by molar-refractivity contribution is 6.30. The Morgan fingerprint density at radius 3 is 2.75 bits per heavy atom. The van der Waals surface area contributed by atoms with Crippen molar-refractivity contribution in [2.24, 2.45) is 5.73 Å². The van der Waals surface area contributed by atoms with E-state index < -0.39 is 0 Å². The van der Waals surface area contributed by atoms with Crippen LogP contribution in [0.3, 0.4) is 0 Å². The van der Waals surface area contributed by atoms with Gasteiger partial charge in [-0.25, -0.2) is 0 Å². The molecule has 0 aliphatic carbocycles. The van der Waals surface area contributed by atoms with Crippen molar-refractivity contribution < 1.29 is 9.47 Å². The van der Waals surface area contributed by atoms with E-state index in [-0.39, 0.29) is 12.1 Å². The molecule has 0 amide bonds. The van der Waals surface area contributed by atoms with Crippen molar-refractivity contribution in [2.45, 2.75) is 39.0 Å². The number of halogens is 1. The first kappa shape index (κ1) is 15.4. The molecule has 0 aromatic heterocycles. The van der Waals surface area contributed by atoms with Gasteiger partial charge in [0.2, 0.25) is 0 Å². The minimum absolute atomic E-state index is 0.0876. The lowest BCUT2D eigenvalue weighted by molar-refractivity contribution is 0.222. The molecule has 0 spiro atoms. The van der Waals surface area contributed by atoms with Crippen LogP contribution in [0.15, 0.2) is 12.1 Å². The van der Waals surface area contributed by atoms with Crippen LogP contribution >= 0.6 is 11.6 Å². The van der Waals surface area contributed by atoms with Crippen molar-refractivity contribution in [1.29, 1.82) is 0 Å². The van der Waals surface area contributed by atoms with Crippen molar-refractivity contribution in [1.82, 2.24) is 4.90 Å². The summed E-state index contributed by atoms with van der Waals surface area (Å²) in [5.74, 6) is 1.47. The first-order chi connectivity index (χ1) is 9.49. The molecular formula is C15H23ClN2O2. The van der Waals surface area contributed by atoms with Gasteiger partial charge in [0.25, 0.3) is 0 Å². The van der Waals surface area contributed by atoms with E-state index in [2.05, 4.69) is 4.90 Å². The molecule has 0 unspecified atom stereocenters. The maximum absolute atomic E-state index is 6.17. The molecule has 0 saturated carbocycles. The summed E-state index contributed by atoms with van der Waals surface area (Å²) in [6.07, 6.45) is 1.13. The lowest BCUT2D eigenvalue weighted by atomic mass is 10.1. The molecule has 1 aromatic carbocycles. The first-order valence-electron chi connectivity index (χ1n) is 7.00. The Bertz CT molecular complexity index is 465. The predicted molar refractivity (Wildman–Crippen MR) is 81.6 cm³/mol. The Morgan fingerprint density at radius 1 is 1.45 bits per heavy atom. The van der Waals surface area contributed by atoms with Crippen LogP contribution in [-0.2, 0) is 6.54 Å². The van der Waals surface area contributed by atoms with Crippen molar-refractivity contribution in [3.8, 4) is 11.5 Å². The molecule has 1 aliphatic rings. The monoisotopic (exact) mass is 298 g/mol. The van der Waals surface area contributed by atoms with E-state index in [1.54, 1.807) is 13.2 Å². The summed E-state index contributed by atoms with van der Waals surface area (Å²) < 4.78 is 11.3. The van der Waals surface area contributed by atoms with Gasteiger partial charge in [0.1, 0.15) is 0 Å². The molecule has 5 heteroatoms. The molecule has 2 rings (SSSR count). The zero-order chi connectivity index (χ0) is 14.7. The Kier molecular flexibility index (Phi) is 5.13. The van der Waals surface area contributed by atoms with Gasteiger partial charge < -0.3 is 15.2 Å². The van der Waals surface area contributed by atoms with Gasteiger partial charge in [0.05, 0.1) is 13.2 Å². The number of likely N-dealkylation sites (tertiary alicyclic amines) is 1. The van der Waals surface area contributed by atoms with Gasteiger partial charge in [-0.2, -0.15) is 0 Å². The number of methoxy groups -OCH3 is 1. The van der Waals surface area contributed by atoms with E-state index in [9.17, 15) is 0 Å². The van der Waals surface area contributed by atoms with E-state index >= 15 is 0 Å². The molecule has 0 radical (unpaired) electrons. The molecule has 1 heterocycles. The number of nitrogens with two attached hydrogens (primary N) is 1. The number of hydrogen-bond donors (Lipinski definition) is 1. The van der Waals surface area contributed by atoms with E-state index in [0.29, 0.717) is 10.8 Å². The van der Waals surface area contributed by atoms with E-state index in [1.165, 1.54) is 0 Å². The van der Waals surface area contributed by atoms with Crippen LogP contribution in [0.5, 0.6) is 11.5 Å². The highest BCUT2D eigenvalue weighted by Gasteiger charge is 2.22. The summed E-state index contributed by atoms with van der Waals surface area (Å²) in [5, 5.41) is 0.663. The summed E-state index contributed by atoms with van der Waals surface area (Å²) in [4.78, 5) is 2.32. The van der Waals surface area contributed by atoms with Gasteiger partial charge in [-0.15, -0.1) is 0 Å². The Morgan fingerprint density at radius 2 is 2.20 bits per heavy atom. The van der Waals surface area contributed by atoms with E-state index in [4.69, 9.17) is 26.8 Å². The number of nitrogens with zero attached hydrogens (tertiary/aromatic N) is 1. The largest absolute Gasteiger partial charge is 0.493 e. The fraction of sp³-hybridized carbons (Fsp3) is 0.600. The molecule has 1 fully saturated rings. The summed E-state index contributed by atoms with van der Waals surface area (Å²) in [7, 11) is 1.63. The molecule has 1 atom stereocenters. The fourth-order valence-corrected chi connectivity index (χ4v) is 2.74. The Balaban J connectivity index is 2.26. The second kappa shape index (κ2) is 6.66. The van der Waals surface area contributed by atoms with Crippen molar-refractivity contribution in [3.63, 3.8) is 0 Å². The second-order valence-corrected chi connectivity index (χ2v) is 5.98. The van der Waals surface area contributed by atoms with Gasteiger partial charge in [-0.05, 0) is 26.3 Å². The first-order valence-corrected chi connectivity index (χ1v) is 7.38. The highest BCUT2D eigenvalue weighted by atomic mass is 35.5. The summed E-state index contributed by atoms with van der Waals surface area (Å²) >= 11 is 6.17. The van der Waals surface area contributed by atoms with Crippen LogP contribution in [0.25, 0.3) is 0 Å². The Labute approximate surface area is 125 Å². The molecule has 1 saturated heterocycles. The lowest BCUT2D eigenvalue weighted by Gasteiger charge is -2.21. The third kappa shape index (κ3) is 3.78. The molecule has 0 bridgehead atoms. The fourth-order valence-electron chi connectivity index (χ4n) is 2.51. The Hall–Kier alpha value is -0.970. The number of ether oxygens (including phenoxy) is 2. The van der Waals surface area contributed by atoms with Gasteiger partial charge in [0, 0.05) is 42.3 Å². The van der Waals surface area contributed by atoms with Gasteiger partial charge in [0.15, 0.2) is 11.5 Å². The summed E-state index contributed by atoms with van der Waals surface area (Å²) in [6, 6.07) is 4.01. The normalized spacial score (nSPS) is 19.6. The zero-order valence-corrected chi connectivity index (χ0v) is 13.1. The number of benzene rings is 1. The maximum atomic E-state index is 6.17. The third-order valence-electron chi connectivity index (χ3n) is 3.37. The number of rotatable bonds is 5. The quantitative estimate of drug-likeness (QED) is 0.908. The average molecular weight is 299 g/mol. The molecular weight excluding hydrogens is 276 g/mol. The molecule has 112 valence electrons. The van der Waals surface area contributed by atoms with Gasteiger partial charge in [-0.1, -0.05) is 11.6 Å². The lowest BCUT2D eigenvalue weighted by Crippen LogP contribution is -2.26. The second-order valence-electron chi connectivity index (χ2n) is 5.55. The van der Waals surface area contributed by atoms with Gasteiger partial charge in [-0.3, -0.25) is 4.90 Å². The van der Waals surface area contributed by atoms with Crippen LogP contribution in [0.1, 0.15) is 25.8 Å². The smallest absolute Gasteiger partial charge is 0.166 e. The minimum Gasteiger partial charge on any atom is -0.493 e. The van der Waals surface area contributed by atoms with Crippen molar-refractivity contribution in [3.05, 3.63) is 22.7 Å². The van der Waals surface area contributed by atoms with Crippen LogP contribution in [0.2, 0.25) is 5.02 Å². The van der Waals surface area contributed by atoms with Crippen LogP contribution < -0.4 is 15.2 Å². The van der Waals surface area contributed by atoms with Crippen LogP contribution in [0, 0.1) is 0 Å². The van der Waals surface area contributed by atoms with E-state index in [0.717, 1.165) is 37.4 Å². The number of hydrogen-bond acceptors (Lipinski definition) is 4. The van der Waals surface area contributed by atoms with Crippen LogP contribution in [0.4, 0.5) is 0 Å². The SMILES string of the molecule is COc1cc(Cl)cc(CN2CC[C@@H](N)C2)c1OC(C)C. The molecule has 20 heavy (non-hydrogen) atoms. The molecule has 1 aromatic rings. The predicted octanol–water partition coefficient (Wildman–Crippen LogP) is 2.67.